The average molecular weight is 523 g/mol. The number of aromatic nitrogens is 5. The van der Waals surface area contributed by atoms with Gasteiger partial charge in [-0.15, -0.1) is 10.2 Å². The van der Waals surface area contributed by atoms with Crippen LogP contribution in [0.25, 0.3) is 11.0 Å². The van der Waals surface area contributed by atoms with E-state index in [2.05, 4.69) is 49.4 Å². The fourth-order valence-corrected chi connectivity index (χ4v) is 6.37. The van der Waals surface area contributed by atoms with Crippen molar-refractivity contribution in [2.75, 3.05) is 18.4 Å². The molecule has 1 aromatic carbocycles. The summed E-state index contributed by atoms with van der Waals surface area (Å²) in [4.78, 5) is 23.9. The number of H-pyrrole nitrogens is 1. The number of hydrogen-bond acceptors (Lipinski definition) is 6. The number of nitriles is 1. The first-order valence-corrected chi connectivity index (χ1v) is 13.8. The quantitative estimate of drug-likeness (QED) is 0.361. The summed E-state index contributed by atoms with van der Waals surface area (Å²) in [6.07, 6.45) is 8.19. The van der Waals surface area contributed by atoms with Crippen molar-refractivity contribution in [3.8, 4) is 6.07 Å². The fourth-order valence-electron chi connectivity index (χ4n) is 6.37. The van der Waals surface area contributed by atoms with Crippen molar-refractivity contribution in [1.29, 1.82) is 5.26 Å². The third-order valence-corrected chi connectivity index (χ3v) is 8.57. The van der Waals surface area contributed by atoms with E-state index >= 15 is 0 Å². The first-order valence-electron chi connectivity index (χ1n) is 13.8. The minimum absolute atomic E-state index is 0.229. The summed E-state index contributed by atoms with van der Waals surface area (Å²) < 4.78 is 1.95. The number of amides is 1. The van der Waals surface area contributed by atoms with Crippen molar-refractivity contribution in [1.82, 2.24) is 29.6 Å². The molecular weight excluding hydrogens is 488 g/mol. The summed E-state index contributed by atoms with van der Waals surface area (Å²) in [6, 6.07) is 14.1. The van der Waals surface area contributed by atoms with E-state index in [1.54, 1.807) is 6.33 Å². The number of piperidine rings is 1. The number of likely N-dealkylation sites (tertiary alicyclic amines) is 1. The molecule has 1 saturated heterocycles. The second-order valence-electron chi connectivity index (χ2n) is 11.4. The third-order valence-electron chi connectivity index (χ3n) is 8.57. The number of nitrogens with one attached hydrogen (secondary N) is 2. The van der Waals surface area contributed by atoms with Gasteiger partial charge in [0.25, 0.3) is 5.91 Å². The lowest BCUT2D eigenvalue weighted by Gasteiger charge is -2.46. The number of anilines is 1. The molecule has 9 nitrogen and oxygen atoms in total. The Labute approximate surface area is 228 Å². The highest BCUT2D eigenvalue weighted by atomic mass is 16.1. The van der Waals surface area contributed by atoms with Gasteiger partial charge >= 0.3 is 0 Å². The molecule has 1 aliphatic carbocycles. The van der Waals surface area contributed by atoms with Gasteiger partial charge in [0.1, 0.15) is 17.8 Å². The summed E-state index contributed by atoms with van der Waals surface area (Å²) in [5.41, 5.74) is 4.76. The van der Waals surface area contributed by atoms with E-state index < -0.39 is 0 Å². The molecule has 6 rings (SSSR count). The molecule has 0 bridgehead atoms. The maximum absolute atomic E-state index is 13.5. The minimum Gasteiger partial charge on any atom is -0.360 e. The molecule has 39 heavy (non-hydrogen) atoms. The molecule has 9 heteroatoms. The topological polar surface area (TPSA) is 116 Å². The summed E-state index contributed by atoms with van der Waals surface area (Å²) in [5.74, 6) is 1.75. The van der Waals surface area contributed by atoms with Crippen LogP contribution in [0.3, 0.4) is 0 Å². The Hall–Kier alpha value is -4.03. The van der Waals surface area contributed by atoms with Crippen LogP contribution in [0.15, 0.2) is 48.9 Å². The average Bonchev–Trinajstić information content (AvgIpc) is 3.57. The van der Waals surface area contributed by atoms with Gasteiger partial charge in [0, 0.05) is 31.9 Å². The van der Waals surface area contributed by atoms with Gasteiger partial charge in [-0.25, -0.2) is 4.98 Å². The number of fused-ring (bicyclic) bond motifs is 1. The number of benzene rings is 1. The van der Waals surface area contributed by atoms with E-state index in [1.165, 1.54) is 12.8 Å². The van der Waals surface area contributed by atoms with Crippen molar-refractivity contribution in [2.45, 2.75) is 51.0 Å². The van der Waals surface area contributed by atoms with Crippen molar-refractivity contribution < 1.29 is 4.79 Å². The lowest BCUT2D eigenvalue weighted by Crippen LogP contribution is -2.44. The molecule has 0 atom stereocenters. The number of hydrogen-bond donors (Lipinski definition) is 2. The summed E-state index contributed by atoms with van der Waals surface area (Å²) in [7, 11) is 1.95. The van der Waals surface area contributed by atoms with E-state index in [1.807, 2.05) is 48.1 Å². The van der Waals surface area contributed by atoms with Crippen molar-refractivity contribution >= 4 is 22.6 Å². The van der Waals surface area contributed by atoms with Crippen LogP contribution < -0.4 is 5.32 Å². The minimum atomic E-state index is -0.325. The van der Waals surface area contributed by atoms with Gasteiger partial charge in [-0.3, -0.25) is 9.69 Å². The van der Waals surface area contributed by atoms with Gasteiger partial charge in [0.2, 0.25) is 0 Å². The van der Waals surface area contributed by atoms with Gasteiger partial charge < -0.3 is 14.9 Å². The second kappa shape index (κ2) is 10.3. The van der Waals surface area contributed by atoms with Gasteiger partial charge in [-0.2, -0.15) is 5.26 Å². The first kappa shape index (κ1) is 25.3. The van der Waals surface area contributed by atoms with Gasteiger partial charge in [-0.05, 0) is 86.0 Å². The summed E-state index contributed by atoms with van der Waals surface area (Å²) in [6.45, 7) is 5.26. The molecule has 2 N–H and O–H groups in total. The van der Waals surface area contributed by atoms with Crippen molar-refractivity contribution in [2.24, 2.45) is 18.9 Å². The number of nitrogens with zero attached hydrogens (tertiary/aromatic N) is 6. The maximum atomic E-state index is 13.5. The van der Waals surface area contributed by atoms with Crippen LogP contribution in [0.5, 0.6) is 0 Å². The van der Waals surface area contributed by atoms with Crippen LogP contribution in [0.2, 0.25) is 0 Å². The molecule has 200 valence electrons. The number of aryl methyl sites for hydroxylation is 1. The van der Waals surface area contributed by atoms with E-state index in [9.17, 15) is 10.1 Å². The Morgan fingerprint density at radius 3 is 2.79 bits per heavy atom. The smallest absolute Gasteiger partial charge is 0.274 e. The van der Waals surface area contributed by atoms with Gasteiger partial charge in [0.15, 0.2) is 0 Å². The van der Waals surface area contributed by atoms with Crippen LogP contribution in [-0.2, 0) is 19.0 Å². The van der Waals surface area contributed by atoms with E-state index in [4.69, 9.17) is 0 Å². The van der Waals surface area contributed by atoms with E-state index in [0.717, 1.165) is 66.4 Å². The number of carbonyl (C=O) groups excluding carboxylic acids is 1. The molecule has 1 amide bonds. The summed E-state index contributed by atoms with van der Waals surface area (Å²) >= 11 is 0. The molecule has 1 saturated carbocycles. The summed E-state index contributed by atoms with van der Waals surface area (Å²) in [5, 5.41) is 20.8. The SMILES string of the molecule is CC1CCN(Cc2cc(C(=O)Nc3cccc(C4(c5nncn5C)CC(CC#N)C4)c3)nc3cc[nH]c23)CC1. The predicted octanol–water partition coefficient (Wildman–Crippen LogP) is 4.79. The van der Waals surface area contributed by atoms with Crippen LogP contribution in [-0.4, -0.2) is 48.6 Å². The zero-order valence-electron chi connectivity index (χ0n) is 22.5. The number of rotatable bonds is 7. The number of pyridine rings is 1. The molecule has 3 aromatic heterocycles. The molecule has 1 aliphatic heterocycles. The fraction of sp³-hybridized carbons (Fsp3) is 0.433. The lowest BCUT2D eigenvalue weighted by molar-refractivity contribution is 0.102. The predicted molar refractivity (Wildman–Crippen MR) is 149 cm³/mol. The van der Waals surface area contributed by atoms with E-state index in [-0.39, 0.29) is 11.3 Å². The van der Waals surface area contributed by atoms with Crippen molar-refractivity contribution in [3.63, 3.8) is 0 Å². The Bertz CT molecular complexity index is 1530. The third kappa shape index (κ3) is 4.81. The standard InChI is InChI=1S/C30H34N8O/c1-20-8-12-38(13-9-20)18-22-14-26(35-25-7-11-32-27(22)25)28(39)34-24-5-3-4-23(15-24)30(16-21(17-30)6-10-31)29-36-33-19-37(29)2/h3-5,7,11,14-15,19-21,32H,6,8-9,12-13,16-18H2,1-2H3,(H,34,39). The normalized spacial score (nSPS) is 21.9. The number of aromatic amines is 1. The molecule has 0 unspecified atom stereocenters. The molecule has 2 fully saturated rings. The Morgan fingerprint density at radius 1 is 1.23 bits per heavy atom. The second-order valence-corrected chi connectivity index (χ2v) is 11.4. The molecule has 2 aliphatic rings. The first-order chi connectivity index (χ1) is 18.9. The molecular formula is C30H34N8O. The number of carbonyl (C=O) groups is 1. The monoisotopic (exact) mass is 522 g/mol. The highest BCUT2D eigenvalue weighted by molar-refractivity contribution is 6.04. The lowest BCUT2D eigenvalue weighted by atomic mass is 9.57. The zero-order chi connectivity index (χ0) is 27.0. The Kier molecular flexibility index (Phi) is 6.65. The highest BCUT2D eigenvalue weighted by Gasteiger charge is 2.49. The highest BCUT2D eigenvalue weighted by Crippen LogP contribution is 2.53. The van der Waals surface area contributed by atoms with Crippen LogP contribution in [0.1, 0.15) is 66.5 Å². The zero-order valence-corrected chi connectivity index (χ0v) is 22.5. The van der Waals surface area contributed by atoms with Crippen LogP contribution >= 0.6 is 0 Å². The van der Waals surface area contributed by atoms with Crippen LogP contribution in [0, 0.1) is 23.2 Å². The maximum Gasteiger partial charge on any atom is 0.274 e. The van der Waals surface area contributed by atoms with Gasteiger partial charge in [-0.1, -0.05) is 19.1 Å². The molecule has 0 radical (unpaired) electrons. The Balaban J connectivity index is 1.25. The molecule has 4 aromatic rings. The van der Waals surface area contributed by atoms with Crippen molar-refractivity contribution in [3.05, 3.63) is 71.6 Å². The largest absolute Gasteiger partial charge is 0.360 e. The van der Waals surface area contributed by atoms with E-state index in [0.29, 0.717) is 23.7 Å². The van der Waals surface area contributed by atoms with Gasteiger partial charge in [0.05, 0.1) is 22.5 Å². The molecule has 4 heterocycles. The van der Waals surface area contributed by atoms with Crippen LogP contribution in [0.4, 0.5) is 5.69 Å². The Morgan fingerprint density at radius 2 is 2.05 bits per heavy atom. The molecule has 0 spiro atoms.